The third-order valence-electron chi connectivity index (χ3n) is 6.09. The van der Waals surface area contributed by atoms with Crippen molar-refractivity contribution < 1.29 is 23.9 Å². The number of hydrogen-bond donors (Lipinski definition) is 2. The number of nitrogens with zero attached hydrogens (tertiary/aromatic N) is 2. The Morgan fingerprint density at radius 2 is 1.78 bits per heavy atom. The van der Waals surface area contributed by atoms with E-state index < -0.39 is 12.0 Å². The van der Waals surface area contributed by atoms with Gasteiger partial charge in [-0.25, -0.2) is 9.59 Å². The van der Waals surface area contributed by atoms with E-state index in [1.165, 1.54) is 0 Å². The quantitative estimate of drug-likeness (QED) is 0.620. The summed E-state index contributed by atoms with van der Waals surface area (Å²) in [6, 6.07) is 6.25. The predicted octanol–water partition coefficient (Wildman–Crippen LogP) is 1.42. The van der Waals surface area contributed by atoms with Crippen LogP contribution in [0.2, 0.25) is 0 Å². The van der Waals surface area contributed by atoms with Crippen molar-refractivity contribution in [1.82, 2.24) is 20.4 Å². The molecule has 2 N–H and O–H groups in total. The summed E-state index contributed by atoms with van der Waals surface area (Å²) in [5.74, 6) is 0.701. The van der Waals surface area contributed by atoms with Crippen LogP contribution in [0, 0.1) is 5.92 Å². The molecule has 1 saturated carbocycles. The number of carbonyl (C=O) groups excluding carboxylic acids is 3. The van der Waals surface area contributed by atoms with E-state index in [4.69, 9.17) is 9.47 Å². The molecule has 4 rings (SSSR count). The third kappa shape index (κ3) is 4.88. The standard InChI is InChI=1S/C23H30N4O5/c1-3-32-22(29)19-18(14-26-10-12-27(13-11-26)21(28)16-4-5-16)24-23(30)25-20(19)15-6-8-17(31-2)9-7-15/h6-9,16,20H,3-5,10-14H2,1-2H3,(H2,24,25,30). The van der Waals surface area contributed by atoms with Crippen LogP contribution in [0.5, 0.6) is 5.75 Å². The van der Waals surface area contributed by atoms with Crippen molar-refractivity contribution in [1.29, 1.82) is 0 Å². The van der Waals surface area contributed by atoms with Crippen molar-refractivity contribution >= 4 is 17.9 Å². The molecule has 0 aromatic heterocycles. The Balaban J connectivity index is 1.55. The monoisotopic (exact) mass is 442 g/mol. The summed E-state index contributed by atoms with van der Waals surface area (Å²) in [4.78, 5) is 41.8. The van der Waals surface area contributed by atoms with Crippen LogP contribution in [-0.2, 0) is 14.3 Å². The van der Waals surface area contributed by atoms with Crippen LogP contribution in [0.1, 0.15) is 31.4 Å². The molecule has 1 unspecified atom stereocenters. The van der Waals surface area contributed by atoms with Gasteiger partial charge in [0.25, 0.3) is 0 Å². The number of piperazine rings is 1. The Morgan fingerprint density at radius 1 is 1.09 bits per heavy atom. The number of carbonyl (C=O) groups is 3. The normalized spacial score (nSPS) is 21.6. The fourth-order valence-electron chi connectivity index (χ4n) is 4.18. The zero-order chi connectivity index (χ0) is 22.7. The average molecular weight is 443 g/mol. The van der Waals surface area contributed by atoms with Crippen LogP contribution < -0.4 is 15.4 Å². The number of ether oxygens (including phenoxy) is 2. The van der Waals surface area contributed by atoms with Gasteiger partial charge in [0.2, 0.25) is 5.91 Å². The molecule has 2 heterocycles. The Hall–Kier alpha value is -3.07. The van der Waals surface area contributed by atoms with Crippen molar-refractivity contribution in [3.8, 4) is 5.75 Å². The van der Waals surface area contributed by atoms with Gasteiger partial charge < -0.3 is 25.0 Å². The van der Waals surface area contributed by atoms with E-state index in [0.29, 0.717) is 49.7 Å². The predicted molar refractivity (Wildman–Crippen MR) is 117 cm³/mol. The molecule has 9 nitrogen and oxygen atoms in total. The van der Waals surface area contributed by atoms with Crippen molar-refractivity contribution in [2.24, 2.45) is 5.92 Å². The van der Waals surface area contributed by atoms with Crippen molar-refractivity contribution in [2.75, 3.05) is 46.4 Å². The second-order valence-electron chi connectivity index (χ2n) is 8.29. The molecule has 0 radical (unpaired) electrons. The van der Waals surface area contributed by atoms with Crippen LogP contribution in [0.15, 0.2) is 35.5 Å². The Labute approximate surface area is 187 Å². The fraction of sp³-hybridized carbons (Fsp3) is 0.522. The number of hydrogen-bond acceptors (Lipinski definition) is 6. The number of methoxy groups -OCH3 is 1. The van der Waals surface area contributed by atoms with Crippen molar-refractivity contribution in [3.63, 3.8) is 0 Å². The van der Waals surface area contributed by atoms with Gasteiger partial charge in [0.15, 0.2) is 0 Å². The lowest BCUT2D eigenvalue weighted by atomic mass is 9.94. The highest BCUT2D eigenvalue weighted by molar-refractivity contribution is 5.95. The Bertz CT molecular complexity index is 901. The van der Waals surface area contributed by atoms with E-state index in [1.54, 1.807) is 26.2 Å². The van der Waals surface area contributed by atoms with Crippen LogP contribution in [0.4, 0.5) is 4.79 Å². The second kappa shape index (κ2) is 9.60. The van der Waals surface area contributed by atoms with Gasteiger partial charge in [0, 0.05) is 44.3 Å². The Kier molecular flexibility index (Phi) is 6.64. The SMILES string of the molecule is CCOC(=O)C1=C(CN2CCN(C(=O)C3CC3)CC2)NC(=O)NC1c1ccc(OC)cc1. The largest absolute Gasteiger partial charge is 0.497 e. The molecule has 172 valence electrons. The first-order chi connectivity index (χ1) is 15.5. The molecular formula is C23H30N4O5. The topological polar surface area (TPSA) is 100 Å². The van der Waals surface area contributed by atoms with Gasteiger partial charge in [0.05, 0.1) is 25.3 Å². The molecule has 1 saturated heterocycles. The maximum absolute atomic E-state index is 12.9. The van der Waals surface area contributed by atoms with Gasteiger partial charge in [-0.2, -0.15) is 0 Å². The van der Waals surface area contributed by atoms with E-state index in [-0.39, 0.29) is 24.5 Å². The van der Waals surface area contributed by atoms with E-state index in [2.05, 4.69) is 15.5 Å². The zero-order valence-corrected chi connectivity index (χ0v) is 18.6. The second-order valence-corrected chi connectivity index (χ2v) is 8.29. The highest BCUT2D eigenvalue weighted by atomic mass is 16.5. The third-order valence-corrected chi connectivity index (χ3v) is 6.09. The van der Waals surface area contributed by atoms with Gasteiger partial charge in [-0.1, -0.05) is 12.1 Å². The molecule has 32 heavy (non-hydrogen) atoms. The maximum Gasteiger partial charge on any atom is 0.338 e. The molecule has 9 heteroatoms. The minimum Gasteiger partial charge on any atom is -0.497 e. The minimum absolute atomic E-state index is 0.216. The zero-order valence-electron chi connectivity index (χ0n) is 18.6. The number of benzene rings is 1. The molecule has 1 aromatic carbocycles. The van der Waals surface area contributed by atoms with Gasteiger partial charge in [-0.05, 0) is 37.5 Å². The summed E-state index contributed by atoms with van der Waals surface area (Å²) in [5, 5.41) is 5.67. The molecule has 1 atom stereocenters. The molecule has 1 aliphatic carbocycles. The van der Waals surface area contributed by atoms with Gasteiger partial charge >= 0.3 is 12.0 Å². The number of urea groups is 1. The van der Waals surface area contributed by atoms with Crippen molar-refractivity contribution in [2.45, 2.75) is 25.8 Å². The number of nitrogens with one attached hydrogen (secondary N) is 2. The number of esters is 1. The summed E-state index contributed by atoms with van der Waals surface area (Å²) >= 11 is 0. The molecule has 0 bridgehead atoms. The number of rotatable bonds is 7. The van der Waals surface area contributed by atoms with Gasteiger partial charge in [0.1, 0.15) is 5.75 Å². The van der Waals surface area contributed by atoms with Gasteiger partial charge in [-0.3, -0.25) is 9.69 Å². The summed E-state index contributed by atoms with van der Waals surface area (Å²) in [6.07, 6.45) is 2.00. The molecule has 0 spiro atoms. The lowest BCUT2D eigenvalue weighted by Gasteiger charge is -2.37. The molecule has 3 amide bonds. The number of amides is 3. The van der Waals surface area contributed by atoms with E-state index >= 15 is 0 Å². The highest BCUT2D eigenvalue weighted by Gasteiger charge is 2.37. The van der Waals surface area contributed by atoms with Crippen LogP contribution in [-0.4, -0.2) is 74.1 Å². The summed E-state index contributed by atoms with van der Waals surface area (Å²) in [6.45, 7) is 5.09. The molecular weight excluding hydrogens is 412 g/mol. The first kappa shape index (κ1) is 22.1. The van der Waals surface area contributed by atoms with Gasteiger partial charge in [-0.15, -0.1) is 0 Å². The lowest BCUT2D eigenvalue weighted by molar-refractivity contribution is -0.139. The van der Waals surface area contributed by atoms with Crippen molar-refractivity contribution in [3.05, 3.63) is 41.1 Å². The molecule has 2 aliphatic heterocycles. The van der Waals surface area contributed by atoms with E-state index in [1.807, 2.05) is 17.0 Å². The summed E-state index contributed by atoms with van der Waals surface area (Å²) in [7, 11) is 1.58. The minimum atomic E-state index is -0.624. The lowest BCUT2D eigenvalue weighted by Crippen LogP contribution is -2.52. The summed E-state index contributed by atoms with van der Waals surface area (Å²) in [5.41, 5.74) is 1.70. The van der Waals surface area contributed by atoms with Crippen LogP contribution >= 0.6 is 0 Å². The molecule has 1 aromatic rings. The first-order valence-corrected chi connectivity index (χ1v) is 11.1. The smallest absolute Gasteiger partial charge is 0.338 e. The van der Waals surface area contributed by atoms with Crippen LogP contribution in [0.3, 0.4) is 0 Å². The average Bonchev–Trinajstić information content (AvgIpc) is 3.64. The molecule has 3 aliphatic rings. The first-order valence-electron chi connectivity index (χ1n) is 11.1. The Morgan fingerprint density at radius 3 is 2.38 bits per heavy atom. The van der Waals surface area contributed by atoms with Crippen LogP contribution in [0.25, 0.3) is 0 Å². The highest BCUT2D eigenvalue weighted by Crippen LogP contribution is 2.32. The van der Waals surface area contributed by atoms with E-state index in [0.717, 1.165) is 18.4 Å². The summed E-state index contributed by atoms with van der Waals surface area (Å²) < 4.78 is 10.5. The fourth-order valence-corrected chi connectivity index (χ4v) is 4.18. The maximum atomic E-state index is 12.9. The molecule has 2 fully saturated rings. The van der Waals surface area contributed by atoms with E-state index in [9.17, 15) is 14.4 Å².